The molecule has 1 fully saturated rings. The SMILES string of the molecule is Cc1ccc(OCC(=O)NC(=S)Nc2ccccc2N2CCCCC2)c(C)c1. The van der Waals surface area contributed by atoms with Crippen molar-refractivity contribution in [2.75, 3.05) is 29.9 Å². The van der Waals surface area contributed by atoms with Crippen molar-refractivity contribution < 1.29 is 9.53 Å². The maximum absolute atomic E-state index is 12.2. The van der Waals surface area contributed by atoms with Crippen LogP contribution in [0, 0.1) is 13.8 Å². The minimum absolute atomic E-state index is 0.0838. The number of ether oxygens (including phenoxy) is 1. The van der Waals surface area contributed by atoms with Crippen LogP contribution in [-0.4, -0.2) is 30.7 Å². The molecule has 0 radical (unpaired) electrons. The van der Waals surface area contributed by atoms with E-state index in [0.717, 1.165) is 35.6 Å². The third-order valence-electron chi connectivity index (χ3n) is 4.79. The van der Waals surface area contributed by atoms with Crippen molar-refractivity contribution in [2.45, 2.75) is 33.1 Å². The van der Waals surface area contributed by atoms with Crippen LogP contribution in [-0.2, 0) is 4.79 Å². The lowest BCUT2D eigenvalue weighted by Gasteiger charge is -2.30. The van der Waals surface area contributed by atoms with Gasteiger partial charge in [0.2, 0.25) is 0 Å². The van der Waals surface area contributed by atoms with Gasteiger partial charge in [-0.2, -0.15) is 0 Å². The number of piperidine rings is 1. The Labute approximate surface area is 172 Å². The summed E-state index contributed by atoms with van der Waals surface area (Å²) in [6.07, 6.45) is 3.68. The van der Waals surface area contributed by atoms with E-state index in [-0.39, 0.29) is 17.6 Å². The zero-order valence-electron chi connectivity index (χ0n) is 16.5. The zero-order chi connectivity index (χ0) is 19.9. The average Bonchev–Trinajstić information content (AvgIpc) is 2.68. The quantitative estimate of drug-likeness (QED) is 0.741. The van der Waals surface area contributed by atoms with Gasteiger partial charge in [-0.3, -0.25) is 10.1 Å². The van der Waals surface area contributed by atoms with Gasteiger partial charge in [0.25, 0.3) is 5.91 Å². The van der Waals surface area contributed by atoms with Crippen molar-refractivity contribution >= 4 is 34.6 Å². The molecule has 0 bridgehead atoms. The lowest BCUT2D eigenvalue weighted by Crippen LogP contribution is -2.38. The number of rotatable bonds is 5. The van der Waals surface area contributed by atoms with Gasteiger partial charge in [-0.15, -0.1) is 0 Å². The molecule has 3 rings (SSSR count). The van der Waals surface area contributed by atoms with Gasteiger partial charge in [0, 0.05) is 13.1 Å². The molecule has 1 aliphatic rings. The Hall–Kier alpha value is -2.60. The Morgan fingerprint density at radius 2 is 1.86 bits per heavy atom. The van der Waals surface area contributed by atoms with Crippen LogP contribution >= 0.6 is 12.2 Å². The van der Waals surface area contributed by atoms with Crippen molar-refractivity contribution in [1.29, 1.82) is 0 Å². The van der Waals surface area contributed by atoms with Gasteiger partial charge < -0.3 is 15.0 Å². The molecule has 0 atom stereocenters. The number of aryl methyl sites for hydroxylation is 2. The van der Waals surface area contributed by atoms with Gasteiger partial charge in [-0.25, -0.2) is 0 Å². The maximum Gasteiger partial charge on any atom is 0.264 e. The summed E-state index contributed by atoms with van der Waals surface area (Å²) >= 11 is 5.33. The number of carbonyl (C=O) groups excluding carboxylic acids is 1. The second-order valence-electron chi connectivity index (χ2n) is 7.12. The largest absolute Gasteiger partial charge is 0.483 e. The number of carbonyl (C=O) groups is 1. The Kier molecular flexibility index (Phi) is 6.87. The highest BCUT2D eigenvalue weighted by Crippen LogP contribution is 2.28. The van der Waals surface area contributed by atoms with Crippen LogP contribution in [0.5, 0.6) is 5.75 Å². The molecule has 1 saturated heterocycles. The fourth-order valence-electron chi connectivity index (χ4n) is 3.41. The van der Waals surface area contributed by atoms with Crippen molar-refractivity contribution in [1.82, 2.24) is 5.32 Å². The molecule has 6 heteroatoms. The number of amides is 1. The van der Waals surface area contributed by atoms with E-state index in [9.17, 15) is 4.79 Å². The first-order valence-corrected chi connectivity index (χ1v) is 10.1. The van der Waals surface area contributed by atoms with E-state index in [2.05, 4.69) is 21.6 Å². The minimum Gasteiger partial charge on any atom is -0.483 e. The van der Waals surface area contributed by atoms with Crippen LogP contribution in [0.4, 0.5) is 11.4 Å². The number of benzene rings is 2. The summed E-state index contributed by atoms with van der Waals surface area (Å²) in [6, 6.07) is 13.9. The molecule has 0 saturated carbocycles. The van der Waals surface area contributed by atoms with Gasteiger partial charge in [0.05, 0.1) is 11.4 Å². The fraction of sp³-hybridized carbons (Fsp3) is 0.364. The monoisotopic (exact) mass is 397 g/mol. The highest BCUT2D eigenvalue weighted by Gasteiger charge is 2.15. The van der Waals surface area contributed by atoms with E-state index in [1.165, 1.54) is 19.3 Å². The lowest BCUT2D eigenvalue weighted by atomic mass is 10.1. The standard InChI is InChI=1S/C22H27N3O2S/c1-16-10-11-20(17(2)14-16)27-15-21(26)24-22(28)23-18-8-4-5-9-19(18)25-12-6-3-7-13-25/h4-5,8-11,14H,3,6-7,12-13,15H2,1-2H3,(H2,23,24,26,28). The number of hydrogen-bond acceptors (Lipinski definition) is 4. The number of anilines is 2. The third kappa shape index (κ3) is 5.45. The maximum atomic E-state index is 12.2. The molecule has 1 heterocycles. The van der Waals surface area contributed by atoms with Crippen LogP contribution < -0.4 is 20.3 Å². The van der Waals surface area contributed by atoms with Crippen molar-refractivity contribution in [3.8, 4) is 5.75 Å². The predicted molar refractivity (Wildman–Crippen MR) is 118 cm³/mol. The zero-order valence-corrected chi connectivity index (χ0v) is 17.3. The van der Waals surface area contributed by atoms with Crippen LogP contribution in [0.25, 0.3) is 0 Å². The van der Waals surface area contributed by atoms with Crippen LogP contribution in [0.15, 0.2) is 42.5 Å². The molecule has 148 valence electrons. The predicted octanol–water partition coefficient (Wildman–Crippen LogP) is 4.19. The number of para-hydroxylation sites is 2. The van der Waals surface area contributed by atoms with E-state index < -0.39 is 0 Å². The summed E-state index contributed by atoms with van der Waals surface area (Å²) in [7, 11) is 0. The topological polar surface area (TPSA) is 53.6 Å². The van der Waals surface area contributed by atoms with Crippen LogP contribution in [0.3, 0.4) is 0 Å². The lowest BCUT2D eigenvalue weighted by molar-refractivity contribution is -0.121. The molecule has 1 amide bonds. The number of hydrogen-bond donors (Lipinski definition) is 2. The van der Waals surface area contributed by atoms with Gasteiger partial charge in [0.1, 0.15) is 5.75 Å². The van der Waals surface area contributed by atoms with E-state index >= 15 is 0 Å². The smallest absolute Gasteiger partial charge is 0.264 e. The molecule has 0 unspecified atom stereocenters. The highest BCUT2D eigenvalue weighted by molar-refractivity contribution is 7.80. The van der Waals surface area contributed by atoms with E-state index in [1.807, 2.05) is 50.2 Å². The van der Waals surface area contributed by atoms with Crippen molar-refractivity contribution in [3.05, 3.63) is 53.6 Å². The first-order valence-electron chi connectivity index (χ1n) is 9.68. The number of thiocarbonyl (C=S) groups is 1. The molecular formula is C22H27N3O2S. The number of nitrogens with one attached hydrogen (secondary N) is 2. The number of nitrogens with zero attached hydrogens (tertiary/aromatic N) is 1. The normalized spacial score (nSPS) is 13.7. The first-order chi connectivity index (χ1) is 13.5. The molecule has 0 spiro atoms. The molecule has 0 aromatic heterocycles. The Bertz CT molecular complexity index is 847. The summed E-state index contributed by atoms with van der Waals surface area (Å²) in [6.45, 7) is 5.99. The van der Waals surface area contributed by atoms with Gasteiger partial charge >= 0.3 is 0 Å². The third-order valence-corrected chi connectivity index (χ3v) is 5.00. The molecule has 2 aromatic carbocycles. The van der Waals surface area contributed by atoms with Crippen molar-refractivity contribution in [3.63, 3.8) is 0 Å². The van der Waals surface area contributed by atoms with Crippen LogP contribution in [0.2, 0.25) is 0 Å². The summed E-state index contributed by atoms with van der Waals surface area (Å²) < 4.78 is 5.62. The van der Waals surface area contributed by atoms with Crippen molar-refractivity contribution in [2.24, 2.45) is 0 Å². The van der Waals surface area contributed by atoms with E-state index in [0.29, 0.717) is 5.75 Å². The second kappa shape index (κ2) is 9.55. The fourth-order valence-corrected chi connectivity index (χ4v) is 3.63. The summed E-state index contributed by atoms with van der Waals surface area (Å²) in [5.41, 5.74) is 4.19. The first kappa shape index (κ1) is 20.1. The molecular weight excluding hydrogens is 370 g/mol. The van der Waals surface area contributed by atoms with Gasteiger partial charge in [-0.1, -0.05) is 29.8 Å². The van der Waals surface area contributed by atoms with E-state index in [4.69, 9.17) is 17.0 Å². The second-order valence-corrected chi connectivity index (χ2v) is 7.53. The van der Waals surface area contributed by atoms with E-state index in [1.54, 1.807) is 0 Å². The molecule has 2 aromatic rings. The minimum atomic E-state index is -0.284. The molecule has 28 heavy (non-hydrogen) atoms. The summed E-state index contributed by atoms with van der Waals surface area (Å²) in [5, 5.41) is 6.13. The molecule has 2 N–H and O–H groups in total. The van der Waals surface area contributed by atoms with Gasteiger partial charge in [0.15, 0.2) is 11.7 Å². The Morgan fingerprint density at radius 3 is 2.61 bits per heavy atom. The average molecular weight is 398 g/mol. The highest BCUT2D eigenvalue weighted by atomic mass is 32.1. The van der Waals surface area contributed by atoms with Gasteiger partial charge in [-0.05, 0) is 69.1 Å². The Morgan fingerprint density at radius 1 is 1.11 bits per heavy atom. The molecule has 5 nitrogen and oxygen atoms in total. The molecule has 0 aliphatic carbocycles. The summed E-state index contributed by atoms with van der Waals surface area (Å²) in [4.78, 5) is 14.6. The Balaban J connectivity index is 1.54. The summed E-state index contributed by atoms with van der Waals surface area (Å²) in [5.74, 6) is 0.419. The van der Waals surface area contributed by atoms with Crippen LogP contribution in [0.1, 0.15) is 30.4 Å². The molecule has 1 aliphatic heterocycles.